The summed E-state index contributed by atoms with van der Waals surface area (Å²) in [5, 5.41) is 5.59. The van der Waals surface area contributed by atoms with E-state index in [-0.39, 0.29) is 11.4 Å². The second kappa shape index (κ2) is 10.9. The summed E-state index contributed by atoms with van der Waals surface area (Å²) in [6.07, 6.45) is 15.2. The number of rotatable bonds is 10. The normalized spacial score (nSPS) is 29.6. The first-order chi connectivity index (χ1) is 13.1. The van der Waals surface area contributed by atoms with Crippen molar-refractivity contribution in [3.8, 4) is 0 Å². The number of ether oxygens (including phenoxy) is 1. The molecule has 0 aromatic carbocycles. The Kier molecular flexibility index (Phi) is 8.84. The zero-order chi connectivity index (χ0) is 19.6. The van der Waals surface area contributed by atoms with Crippen LogP contribution in [0.3, 0.4) is 0 Å². The molecule has 5 nitrogen and oxygen atoms in total. The second-order valence-electron chi connectivity index (χ2n) is 8.35. The van der Waals surface area contributed by atoms with E-state index in [1.54, 1.807) is 0 Å². The Bertz CT molecular complexity index is 500. The van der Waals surface area contributed by atoms with Crippen LogP contribution in [0.5, 0.6) is 0 Å². The minimum atomic E-state index is -0.137. The fraction of sp³-hybridized carbons (Fsp3) is 0.773. The number of methoxy groups -OCH3 is 1. The fourth-order valence-electron chi connectivity index (χ4n) is 4.58. The molecule has 0 bridgehead atoms. The van der Waals surface area contributed by atoms with Gasteiger partial charge in [-0.1, -0.05) is 13.0 Å². The molecular formula is C22H38N2O3. The summed E-state index contributed by atoms with van der Waals surface area (Å²) in [6.45, 7) is 10.2. The van der Waals surface area contributed by atoms with Gasteiger partial charge >= 0.3 is 5.97 Å². The van der Waals surface area contributed by atoms with E-state index in [4.69, 9.17) is 9.57 Å². The molecule has 0 aliphatic carbocycles. The molecular weight excluding hydrogens is 340 g/mol. The van der Waals surface area contributed by atoms with Crippen molar-refractivity contribution in [1.82, 2.24) is 10.4 Å². The molecule has 0 aromatic rings. The van der Waals surface area contributed by atoms with Crippen LogP contribution in [0.4, 0.5) is 0 Å². The summed E-state index contributed by atoms with van der Waals surface area (Å²) in [7, 11) is 1.45. The first-order valence-electron chi connectivity index (χ1n) is 10.5. The van der Waals surface area contributed by atoms with Crippen molar-refractivity contribution >= 4 is 5.97 Å². The van der Waals surface area contributed by atoms with E-state index in [2.05, 4.69) is 30.0 Å². The Morgan fingerprint density at radius 2 is 2.07 bits per heavy atom. The SMILES string of the molecule is C=CC[C@]1(CCC(=O)OC)CCCN(O/C=C/C[C@]2(CC)CCCNC2)C1. The summed E-state index contributed by atoms with van der Waals surface area (Å²) in [6, 6.07) is 0. The number of esters is 1. The zero-order valence-corrected chi connectivity index (χ0v) is 17.3. The van der Waals surface area contributed by atoms with Gasteiger partial charge in [0, 0.05) is 26.1 Å². The molecule has 0 aromatic heterocycles. The lowest BCUT2D eigenvalue weighted by Gasteiger charge is -2.41. The van der Waals surface area contributed by atoms with Gasteiger partial charge in [0.1, 0.15) is 6.26 Å². The number of carbonyl (C=O) groups is 1. The van der Waals surface area contributed by atoms with Gasteiger partial charge in [0.25, 0.3) is 0 Å². The van der Waals surface area contributed by atoms with Crippen molar-refractivity contribution in [2.24, 2.45) is 10.8 Å². The van der Waals surface area contributed by atoms with Crippen LogP contribution >= 0.6 is 0 Å². The van der Waals surface area contributed by atoms with Gasteiger partial charge in [0.2, 0.25) is 0 Å². The lowest BCUT2D eigenvalue weighted by molar-refractivity contribution is -0.154. The maximum atomic E-state index is 11.6. The van der Waals surface area contributed by atoms with Gasteiger partial charge in [-0.05, 0) is 74.8 Å². The third-order valence-corrected chi connectivity index (χ3v) is 6.46. The van der Waals surface area contributed by atoms with E-state index in [1.165, 1.54) is 26.4 Å². The third-order valence-electron chi connectivity index (χ3n) is 6.46. The number of nitrogens with zero attached hydrogens (tertiary/aromatic N) is 1. The van der Waals surface area contributed by atoms with Crippen LogP contribution in [0.25, 0.3) is 0 Å². The quantitative estimate of drug-likeness (QED) is 0.350. The van der Waals surface area contributed by atoms with Crippen LogP contribution in [0, 0.1) is 10.8 Å². The lowest BCUT2D eigenvalue weighted by atomic mass is 9.74. The molecule has 27 heavy (non-hydrogen) atoms. The molecule has 2 aliphatic heterocycles. The first-order valence-corrected chi connectivity index (χ1v) is 10.5. The molecule has 0 amide bonds. The lowest BCUT2D eigenvalue weighted by Crippen LogP contribution is -2.42. The summed E-state index contributed by atoms with van der Waals surface area (Å²) < 4.78 is 4.82. The number of hydrogen-bond donors (Lipinski definition) is 1. The smallest absolute Gasteiger partial charge is 0.305 e. The molecule has 0 unspecified atom stereocenters. The van der Waals surface area contributed by atoms with E-state index >= 15 is 0 Å². The predicted octanol–water partition coefficient (Wildman–Crippen LogP) is 4.21. The molecule has 0 spiro atoms. The van der Waals surface area contributed by atoms with Crippen molar-refractivity contribution < 1.29 is 14.4 Å². The highest BCUT2D eigenvalue weighted by Gasteiger charge is 2.35. The molecule has 2 atom stereocenters. The summed E-state index contributed by atoms with van der Waals surface area (Å²) in [5.41, 5.74) is 0.438. The predicted molar refractivity (Wildman–Crippen MR) is 109 cm³/mol. The molecule has 2 rings (SSSR count). The van der Waals surface area contributed by atoms with Crippen LogP contribution in [0.1, 0.15) is 64.7 Å². The Hall–Kier alpha value is -1.33. The average Bonchev–Trinajstić information content (AvgIpc) is 2.71. The number of hydroxylamine groups is 2. The van der Waals surface area contributed by atoms with Gasteiger partial charge in [-0.3, -0.25) is 4.79 Å². The molecule has 154 valence electrons. The van der Waals surface area contributed by atoms with Crippen molar-refractivity contribution in [2.75, 3.05) is 33.3 Å². The maximum Gasteiger partial charge on any atom is 0.305 e. The standard InChI is InChI=1S/C22H38N2O3/c1-4-10-22(14-9-20(25)26-3)12-7-16-24(19-22)27-17-8-13-21(5-2)11-6-15-23-18-21/h4,8,17,23H,1,5-7,9-16,18-19H2,2-3H3/b17-8+/t21-,22+/m0/s1. The zero-order valence-electron chi connectivity index (χ0n) is 17.3. The van der Waals surface area contributed by atoms with Crippen molar-refractivity contribution in [3.63, 3.8) is 0 Å². The number of allylic oxidation sites excluding steroid dienone is 2. The van der Waals surface area contributed by atoms with Gasteiger partial charge in [-0.15, -0.1) is 11.6 Å². The van der Waals surface area contributed by atoms with Crippen molar-refractivity contribution in [1.29, 1.82) is 0 Å². The van der Waals surface area contributed by atoms with Crippen LogP contribution in [-0.4, -0.2) is 44.3 Å². The molecule has 0 saturated carbocycles. The topological polar surface area (TPSA) is 50.8 Å². The van der Waals surface area contributed by atoms with Crippen molar-refractivity contribution in [3.05, 3.63) is 25.0 Å². The largest absolute Gasteiger partial charge is 0.469 e. The van der Waals surface area contributed by atoms with Crippen LogP contribution in [-0.2, 0) is 14.4 Å². The molecule has 2 saturated heterocycles. The minimum absolute atomic E-state index is 0.0555. The maximum absolute atomic E-state index is 11.6. The summed E-state index contributed by atoms with van der Waals surface area (Å²) in [5.74, 6) is -0.137. The highest BCUT2D eigenvalue weighted by atomic mass is 16.7. The van der Waals surface area contributed by atoms with E-state index in [0.29, 0.717) is 11.8 Å². The van der Waals surface area contributed by atoms with Crippen LogP contribution in [0.2, 0.25) is 0 Å². The van der Waals surface area contributed by atoms with Gasteiger partial charge in [-0.2, -0.15) is 0 Å². The number of carbonyl (C=O) groups excluding carboxylic acids is 1. The Balaban J connectivity index is 1.86. The van der Waals surface area contributed by atoms with Crippen molar-refractivity contribution in [2.45, 2.75) is 64.7 Å². The Morgan fingerprint density at radius 1 is 1.26 bits per heavy atom. The third kappa shape index (κ3) is 6.65. The molecule has 0 radical (unpaired) electrons. The summed E-state index contributed by atoms with van der Waals surface area (Å²) >= 11 is 0. The van der Waals surface area contributed by atoms with E-state index in [1.807, 2.05) is 12.3 Å². The van der Waals surface area contributed by atoms with Crippen LogP contribution in [0.15, 0.2) is 25.0 Å². The van der Waals surface area contributed by atoms with E-state index < -0.39 is 0 Å². The average molecular weight is 379 g/mol. The highest BCUT2D eigenvalue weighted by Crippen LogP contribution is 2.39. The first kappa shape index (κ1) is 22.0. The van der Waals surface area contributed by atoms with Gasteiger partial charge in [0.15, 0.2) is 0 Å². The van der Waals surface area contributed by atoms with E-state index in [9.17, 15) is 4.79 Å². The van der Waals surface area contributed by atoms with E-state index in [0.717, 1.165) is 58.3 Å². The number of hydrogen-bond acceptors (Lipinski definition) is 5. The number of piperidine rings is 2. The monoisotopic (exact) mass is 378 g/mol. The number of nitrogens with one attached hydrogen (secondary N) is 1. The second-order valence-corrected chi connectivity index (χ2v) is 8.35. The van der Waals surface area contributed by atoms with Gasteiger partial charge in [0.05, 0.1) is 7.11 Å². The highest BCUT2D eigenvalue weighted by molar-refractivity contribution is 5.69. The molecule has 2 heterocycles. The Morgan fingerprint density at radius 3 is 2.74 bits per heavy atom. The van der Waals surface area contributed by atoms with Crippen LogP contribution < -0.4 is 5.32 Å². The molecule has 5 heteroatoms. The van der Waals surface area contributed by atoms with Gasteiger partial charge < -0.3 is 14.9 Å². The minimum Gasteiger partial charge on any atom is -0.469 e. The fourth-order valence-corrected chi connectivity index (χ4v) is 4.58. The van der Waals surface area contributed by atoms with Gasteiger partial charge in [-0.25, -0.2) is 0 Å². The molecule has 1 N–H and O–H groups in total. The molecule has 2 fully saturated rings. The molecule has 2 aliphatic rings. The summed E-state index contributed by atoms with van der Waals surface area (Å²) in [4.78, 5) is 17.6. The Labute approximate surface area is 165 Å².